The molecular weight excluding hydrogens is 513 g/mol. The molecule has 0 spiro atoms. The number of hydrogen-bond donors (Lipinski definition) is 1. The molecule has 1 heterocycles. The summed E-state index contributed by atoms with van der Waals surface area (Å²) < 4.78 is 60.4. The fourth-order valence-electron chi connectivity index (χ4n) is 4.55. The van der Waals surface area contributed by atoms with E-state index in [1.54, 1.807) is 30.3 Å². The maximum absolute atomic E-state index is 13.7. The number of unbranched alkanes of at least 4 members (excludes halogenated alkanes) is 3. The molecule has 3 aromatic rings. The molecule has 0 fully saturated rings. The van der Waals surface area contributed by atoms with Gasteiger partial charge in [0.25, 0.3) is 0 Å². The van der Waals surface area contributed by atoms with E-state index in [2.05, 4.69) is 23.5 Å². The second-order valence-electron chi connectivity index (χ2n) is 9.92. The van der Waals surface area contributed by atoms with Crippen molar-refractivity contribution >= 4 is 32.5 Å². The lowest BCUT2D eigenvalue weighted by Gasteiger charge is -2.21. The summed E-state index contributed by atoms with van der Waals surface area (Å²) in [6.07, 6.45) is 4.70. The van der Waals surface area contributed by atoms with Gasteiger partial charge in [0, 0.05) is 33.7 Å². The zero-order valence-electron chi connectivity index (χ0n) is 26.4. The number of fused-ring (bicyclic) bond motifs is 1. The summed E-state index contributed by atoms with van der Waals surface area (Å²) in [7, 11) is -4.62. The number of carbonyl (C=O) groups excluding carboxylic acids is 1. The molecule has 2 aromatic carbocycles. The van der Waals surface area contributed by atoms with Gasteiger partial charge in [-0.25, -0.2) is 8.42 Å². The van der Waals surface area contributed by atoms with E-state index >= 15 is 0 Å². The van der Waals surface area contributed by atoms with Crippen molar-refractivity contribution in [3.63, 3.8) is 0 Å². The van der Waals surface area contributed by atoms with Gasteiger partial charge in [0.15, 0.2) is 5.78 Å². The maximum Gasteiger partial charge on any atom is 0.229 e. The van der Waals surface area contributed by atoms with Gasteiger partial charge in [-0.05, 0) is 81.2 Å². The molecular formula is C31H44N2O5S. The lowest BCUT2D eigenvalue weighted by molar-refractivity contribution is 0.103. The van der Waals surface area contributed by atoms with Crippen LogP contribution in [-0.2, 0) is 16.4 Å². The van der Waals surface area contributed by atoms with Crippen LogP contribution in [0.3, 0.4) is 0 Å². The first-order chi connectivity index (χ1) is 20.0. The maximum atomic E-state index is 13.7. The molecule has 0 unspecified atom stereocenters. The van der Waals surface area contributed by atoms with Crippen LogP contribution in [-0.4, -0.2) is 51.5 Å². The Morgan fingerprint density at radius 1 is 0.949 bits per heavy atom. The summed E-state index contributed by atoms with van der Waals surface area (Å²) in [6.45, 7) is 10.3. The number of sulfonamides is 1. The molecule has 1 aromatic heterocycles. The molecule has 3 rings (SSSR count). The third-order valence-corrected chi connectivity index (χ3v) is 7.16. The van der Waals surface area contributed by atoms with Crippen molar-refractivity contribution in [3.05, 3.63) is 59.4 Å². The Balaban J connectivity index is 1.76. The van der Waals surface area contributed by atoms with Gasteiger partial charge in [-0.15, -0.1) is 0 Å². The first-order valence-electron chi connectivity index (χ1n) is 15.6. The van der Waals surface area contributed by atoms with Gasteiger partial charge < -0.3 is 14.1 Å². The molecule has 0 saturated carbocycles. The molecule has 8 heteroatoms. The Morgan fingerprint density at radius 2 is 1.62 bits per heavy atom. The molecule has 0 aliphatic carbocycles. The van der Waals surface area contributed by atoms with E-state index in [9.17, 15) is 13.2 Å². The van der Waals surface area contributed by atoms with Gasteiger partial charge in [-0.1, -0.05) is 40.0 Å². The molecule has 7 nitrogen and oxygen atoms in total. The minimum absolute atomic E-state index is 0.0437. The molecule has 0 saturated heterocycles. The average Bonchev–Trinajstić information content (AvgIpc) is 3.31. The lowest BCUT2D eigenvalue weighted by atomic mass is 9.98. The molecule has 0 aliphatic rings. The highest BCUT2D eigenvalue weighted by molar-refractivity contribution is 7.92. The summed E-state index contributed by atoms with van der Waals surface area (Å²) in [5, 5.41) is 0.424. The van der Waals surface area contributed by atoms with Crippen LogP contribution in [0.15, 0.2) is 46.9 Å². The zero-order valence-corrected chi connectivity index (χ0v) is 24.2. The van der Waals surface area contributed by atoms with Crippen molar-refractivity contribution in [2.24, 2.45) is 0 Å². The van der Waals surface area contributed by atoms with Crippen molar-refractivity contribution in [1.29, 1.82) is 0 Å². The Morgan fingerprint density at radius 3 is 2.26 bits per heavy atom. The Hall–Kier alpha value is -2.84. The predicted octanol–water partition coefficient (Wildman–Crippen LogP) is 7.05. The third kappa shape index (κ3) is 9.39. The molecule has 39 heavy (non-hydrogen) atoms. The van der Waals surface area contributed by atoms with Crippen LogP contribution in [0.4, 0.5) is 5.69 Å². The topological polar surface area (TPSA) is 88.8 Å². The zero-order chi connectivity index (χ0) is 30.8. The Labute approximate surface area is 238 Å². The summed E-state index contributed by atoms with van der Waals surface area (Å²) in [6, 6.07) is 11.4. The number of ketones is 1. The average molecular weight is 561 g/mol. The van der Waals surface area contributed by atoms with Gasteiger partial charge in [-0.3, -0.25) is 9.52 Å². The molecule has 0 atom stereocenters. The Bertz CT molecular complexity index is 1390. The first kappa shape index (κ1) is 26.4. The van der Waals surface area contributed by atoms with E-state index < -0.39 is 16.2 Å². The highest BCUT2D eigenvalue weighted by Gasteiger charge is 2.22. The second kappa shape index (κ2) is 15.1. The SMILES string of the molecule is [2H][13C]([2H])([2H])S(=O)(=O)Nc1ccc2oc(CCCC)c(C(=O)c3ccc(OCCCN(CCCC)CCCC)cc3)c2c1. The van der Waals surface area contributed by atoms with E-state index in [0.717, 1.165) is 38.9 Å². The highest BCUT2D eigenvalue weighted by atomic mass is 32.2. The van der Waals surface area contributed by atoms with Gasteiger partial charge in [0.05, 0.1) is 18.4 Å². The van der Waals surface area contributed by atoms with Crippen molar-refractivity contribution in [3.8, 4) is 5.75 Å². The minimum atomic E-state index is -4.62. The van der Waals surface area contributed by atoms with Crippen molar-refractivity contribution < 1.29 is 26.5 Å². The number of rotatable bonds is 18. The van der Waals surface area contributed by atoms with Crippen LogP contribution in [0.2, 0.25) is 0 Å². The van der Waals surface area contributed by atoms with Gasteiger partial charge in [0.2, 0.25) is 10.0 Å². The van der Waals surface area contributed by atoms with Gasteiger partial charge in [0.1, 0.15) is 17.1 Å². The summed E-state index contributed by atoms with van der Waals surface area (Å²) in [4.78, 5) is 16.2. The molecule has 214 valence electrons. The van der Waals surface area contributed by atoms with Crippen LogP contribution < -0.4 is 9.46 Å². The number of aryl methyl sites for hydroxylation is 1. The van der Waals surface area contributed by atoms with Crippen molar-refractivity contribution in [2.75, 3.05) is 37.1 Å². The largest absolute Gasteiger partial charge is 0.494 e. The fraction of sp³-hybridized carbons (Fsp3) is 0.516. The van der Waals surface area contributed by atoms with Crippen LogP contribution in [0.1, 0.15) is 91.5 Å². The number of anilines is 1. The van der Waals surface area contributed by atoms with Crippen molar-refractivity contribution in [1.82, 2.24) is 4.90 Å². The van der Waals surface area contributed by atoms with Crippen LogP contribution >= 0.6 is 0 Å². The highest BCUT2D eigenvalue weighted by Crippen LogP contribution is 2.32. The van der Waals surface area contributed by atoms with Crippen LogP contribution in [0.25, 0.3) is 11.0 Å². The number of carbonyl (C=O) groups is 1. The standard InChI is InChI=1S/C31H44N2O5S/c1-5-8-12-29-30(27-23-25(32-39(4,35)36)15-18-28(27)38-29)31(34)24-13-16-26(17-14-24)37-22-11-21-33(19-9-6-2)20-10-7-3/h13-18,23,32H,5-12,19-22H2,1-4H3/i4+1D3. The third-order valence-electron chi connectivity index (χ3n) is 6.66. The number of benzene rings is 2. The smallest absolute Gasteiger partial charge is 0.229 e. The van der Waals surface area contributed by atoms with Crippen LogP contribution in [0.5, 0.6) is 5.75 Å². The minimum Gasteiger partial charge on any atom is -0.494 e. The van der Waals surface area contributed by atoms with E-state index in [4.69, 9.17) is 13.3 Å². The van der Waals surface area contributed by atoms with Crippen LogP contribution in [0, 0.1) is 0 Å². The summed E-state index contributed by atoms with van der Waals surface area (Å²) in [5.74, 6) is 0.943. The molecule has 0 amide bonds. The second-order valence-corrected chi connectivity index (χ2v) is 11.1. The lowest BCUT2D eigenvalue weighted by Crippen LogP contribution is -2.28. The van der Waals surface area contributed by atoms with E-state index in [0.29, 0.717) is 46.6 Å². The van der Waals surface area contributed by atoms with E-state index in [1.807, 2.05) is 6.92 Å². The summed E-state index contributed by atoms with van der Waals surface area (Å²) >= 11 is 0. The molecule has 0 radical (unpaired) electrons. The number of nitrogens with one attached hydrogen (secondary N) is 1. The van der Waals surface area contributed by atoms with Gasteiger partial charge in [-0.2, -0.15) is 0 Å². The molecule has 0 bridgehead atoms. The molecule has 1 N–H and O–H groups in total. The monoisotopic (exact) mass is 560 g/mol. The fourth-order valence-corrected chi connectivity index (χ4v) is 4.99. The number of hydrogen-bond acceptors (Lipinski definition) is 6. The number of ether oxygens (including phenoxy) is 1. The Kier molecular flexibility index (Phi) is 10.2. The number of furan rings is 1. The van der Waals surface area contributed by atoms with E-state index in [-0.39, 0.29) is 11.5 Å². The quantitative estimate of drug-likeness (QED) is 0.102. The summed E-state index contributed by atoms with van der Waals surface area (Å²) in [5.41, 5.74) is 1.26. The normalized spacial score (nSPS) is 13.3. The van der Waals surface area contributed by atoms with Gasteiger partial charge >= 0.3 is 0 Å². The molecule has 0 aliphatic heterocycles. The predicted molar refractivity (Wildman–Crippen MR) is 160 cm³/mol. The number of nitrogens with zero attached hydrogens (tertiary/aromatic N) is 1. The first-order valence-corrected chi connectivity index (χ1v) is 15.6. The van der Waals surface area contributed by atoms with Crippen molar-refractivity contribution in [2.45, 2.75) is 72.1 Å². The van der Waals surface area contributed by atoms with E-state index in [1.165, 1.54) is 37.8 Å².